The van der Waals surface area contributed by atoms with Crippen molar-refractivity contribution in [2.75, 3.05) is 13.1 Å². The van der Waals surface area contributed by atoms with Gasteiger partial charge >= 0.3 is 0 Å². The fourth-order valence-electron chi connectivity index (χ4n) is 3.24. The van der Waals surface area contributed by atoms with E-state index in [9.17, 15) is 4.79 Å². The van der Waals surface area contributed by atoms with Gasteiger partial charge in [-0.3, -0.25) is 4.79 Å². The number of likely N-dealkylation sites (tertiary alicyclic amines) is 1. The van der Waals surface area contributed by atoms with Gasteiger partial charge in [-0.05, 0) is 23.8 Å². The Balaban J connectivity index is 1.76. The van der Waals surface area contributed by atoms with E-state index in [2.05, 4.69) is 32.1 Å². The molecule has 0 bridgehead atoms. The number of hydrogen-bond acceptors (Lipinski definition) is 2. The molecule has 2 heterocycles. The van der Waals surface area contributed by atoms with E-state index in [1.807, 2.05) is 23.1 Å². The number of amides is 1. The first-order chi connectivity index (χ1) is 10.5. The molecule has 1 aromatic rings. The van der Waals surface area contributed by atoms with Gasteiger partial charge in [-0.2, -0.15) is 0 Å². The van der Waals surface area contributed by atoms with E-state index >= 15 is 0 Å². The lowest BCUT2D eigenvalue weighted by atomic mass is 9.84. The molecule has 2 aliphatic heterocycles. The molecule has 2 unspecified atom stereocenters. The first-order valence-electron chi connectivity index (χ1n) is 7.83. The van der Waals surface area contributed by atoms with Gasteiger partial charge in [-0.25, -0.2) is 0 Å². The lowest BCUT2D eigenvalue weighted by molar-refractivity contribution is -0.136. The van der Waals surface area contributed by atoms with E-state index in [-0.39, 0.29) is 21.9 Å². The molecule has 0 aliphatic carbocycles. The molecular formula is C18H22ClNOS. The number of carbonyl (C=O) groups is 1. The molecule has 0 saturated carbocycles. The summed E-state index contributed by atoms with van der Waals surface area (Å²) in [4.78, 5) is 16.0. The maximum atomic E-state index is 12.9. The lowest BCUT2D eigenvalue weighted by Gasteiger charge is -2.39. The zero-order chi connectivity index (χ0) is 15.7. The summed E-state index contributed by atoms with van der Waals surface area (Å²) in [6.45, 7) is 6.17. The summed E-state index contributed by atoms with van der Waals surface area (Å²) in [5, 5.41) is 0. The molecule has 1 aromatic carbocycles. The predicted molar refractivity (Wildman–Crippen MR) is 94.7 cm³/mol. The number of nitrogens with zero attached hydrogens (tertiary/aromatic N) is 1. The van der Waals surface area contributed by atoms with Crippen LogP contribution in [0.1, 0.15) is 32.3 Å². The number of halogens is 1. The summed E-state index contributed by atoms with van der Waals surface area (Å²) in [5.41, 5.74) is 1.36. The van der Waals surface area contributed by atoms with Gasteiger partial charge < -0.3 is 4.90 Å². The van der Waals surface area contributed by atoms with Crippen molar-refractivity contribution >= 4 is 34.2 Å². The van der Waals surface area contributed by atoms with Crippen LogP contribution in [-0.4, -0.2) is 28.6 Å². The molecule has 4 heteroatoms. The molecule has 118 valence electrons. The number of rotatable bonds is 2. The number of alkyl halides is 1. The van der Waals surface area contributed by atoms with Gasteiger partial charge in [0, 0.05) is 18.0 Å². The largest absolute Gasteiger partial charge is 0.342 e. The maximum absolute atomic E-state index is 12.9. The number of hydrogen-bond donors (Lipinski definition) is 0. The minimum atomic E-state index is -0.212. The zero-order valence-electron chi connectivity index (χ0n) is 13.1. The summed E-state index contributed by atoms with van der Waals surface area (Å²) < 4.78 is -0.201. The second-order valence-corrected chi connectivity index (χ2v) is 8.83. The average molecular weight is 336 g/mol. The monoisotopic (exact) mass is 335 g/mol. The summed E-state index contributed by atoms with van der Waals surface area (Å²) in [7, 11) is 0. The normalized spacial score (nSPS) is 27.6. The molecule has 2 nitrogen and oxygen atoms in total. The molecule has 2 aliphatic rings. The fraction of sp³-hybridized carbons (Fsp3) is 0.500. The van der Waals surface area contributed by atoms with E-state index in [0.29, 0.717) is 0 Å². The quantitative estimate of drug-likeness (QED) is 0.736. The highest BCUT2D eigenvalue weighted by molar-refractivity contribution is 8.10. The van der Waals surface area contributed by atoms with Gasteiger partial charge in [0.25, 0.3) is 0 Å². The van der Waals surface area contributed by atoms with Crippen molar-refractivity contribution in [3.8, 4) is 0 Å². The molecule has 22 heavy (non-hydrogen) atoms. The number of thioether (sulfide) groups is 1. The Morgan fingerprint density at radius 1 is 1.32 bits per heavy atom. The number of carbonyl (C=O) groups excluding carboxylic acids is 1. The molecule has 1 amide bonds. The minimum absolute atomic E-state index is 0.186. The summed E-state index contributed by atoms with van der Waals surface area (Å²) in [6.07, 6.45) is 4.33. The fourth-order valence-corrected chi connectivity index (χ4v) is 4.79. The van der Waals surface area contributed by atoms with Crippen molar-refractivity contribution in [1.82, 2.24) is 4.90 Å². The van der Waals surface area contributed by atoms with Crippen LogP contribution >= 0.6 is 23.4 Å². The second-order valence-electron chi connectivity index (χ2n) is 6.92. The highest BCUT2D eigenvalue weighted by Crippen LogP contribution is 2.45. The summed E-state index contributed by atoms with van der Waals surface area (Å²) in [5.74, 6) is -0.0259. The first-order valence-corrected chi connectivity index (χ1v) is 9.15. The van der Waals surface area contributed by atoms with Crippen LogP contribution in [-0.2, 0) is 4.79 Å². The van der Waals surface area contributed by atoms with E-state index in [0.717, 1.165) is 30.0 Å². The van der Waals surface area contributed by atoms with Gasteiger partial charge in [0.15, 0.2) is 0 Å². The van der Waals surface area contributed by atoms with Crippen LogP contribution < -0.4 is 0 Å². The Labute approximate surface area is 141 Å². The summed E-state index contributed by atoms with van der Waals surface area (Å²) in [6, 6.07) is 10.2. The maximum Gasteiger partial charge on any atom is 0.231 e. The van der Waals surface area contributed by atoms with Crippen molar-refractivity contribution in [3.63, 3.8) is 0 Å². The van der Waals surface area contributed by atoms with Gasteiger partial charge in [-0.1, -0.05) is 50.3 Å². The third kappa shape index (κ3) is 3.36. The topological polar surface area (TPSA) is 20.3 Å². The molecule has 1 saturated heterocycles. The Hall–Kier alpha value is -0.930. The standard InChI is InChI=1S/C18H22ClNOS/c1-18(2)9-6-10-20(12-18)17(21)14-11-15(22-16(14)19)13-7-4-3-5-8-13/h3-5,7-8,11,14,16H,6,9-10,12H2,1-2H3. The predicted octanol–water partition coefficient (Wildman–Crippen LogP) is 4.60. The van der Waals surface area contributed by atoms with Crippen LogP contribution in [0.2, 0.25) is 0 Å². The number of piperidine rings is 1. The van der Waals surface area contributed by atoms with Crippen molar-refractivity contribution in [1.29, 1.82) is 0 Å². The average Bonchev–Trinajstić information content (AvgIpc) is 2.88. The van der Waals surface area contributed by atoms with E-state index < -0.39 is 0 Å². The zero-order valence-corrected chi connectivity index (χ0v) is 14.7. The van der Waals surface area contributed by atoms with Crippen LogP contribution in [0.25, 0.3) is 4.91 Å². The van der Waals surface area contributed by atoms with Crippen molar-refractivity contribution in [2.45, 2.75) is 31.4 Å². The highest BCUT2D eigenvalue weighted by atomic mass is 35.5. The molecule has 2 atom stereocenters. The molecule has 1 fully saturated rings. The van der Waals surface area contributed by atoms with Crippen LogP contribution in [0, 0.1) is 11.3 Å². The lowest BCUT2D eigenvalue weighted by Crippen LogP contribution is -2.46. The van der Waals surface area contributed by atoms with Crippen molar-refractivity contribution in [2.24, 2.45) is 11.3 Å². The van der Waals surface area contributed by atoms with E-state index in [4.69, 9.17) is 11.6 Å². The third-order valence-corrected chi connectivity index (χ3v) is 6.09. The molecular weight excluding hydrogens is 314 g/mol. The first kappa shape index (κ1) is 15.9. The molecule has 0 aromatic heterocycles. The molecule has 0 spiro atoms. The Morgan fingerprint density at radius 2 is 2.05 bits per heavy atom. The van der Waals surface area contributed by atoms with Gasteiger partial charge in [0.05, 0.1) is 10.6 Å². The second kappa shape index (κ2) is 6.29. The van der Waals surface area contributed by atoms with Crippen LogP contribution in [0.4, 0.5) is 0 Å². The third-order valence-electron chi connectivity index (χ3n) is 4.41. The van der Waals surface area contributed by atoms with Crippen LogP contribution in [0.5, 0.6) is 0 Å². The summed E-state index contributed by atoms with van der Waals surface area (Å²) >= 11 is 8.07. The number of benzene rings is 1. The molecule has 0 radical (unpaired) electrons. The Bertz CT molecular complexity index is 584. The van der Waals surface area contributed by atoms with E-state index in [1.54, 1.807) is 11.8 Å². The van der Waals surface area contributed by atoms with Crippen LogP contribution in [0.15, 0.2) is 36.4 Å². The molecule has 0 N–H and O–H groups in total. The Kier molecular flexibility index (Phi) is 4.56. The highest BCUT2D eigenvalue weighted by Gasteiger charge is 2.38. The minimum Gasteiger partial charge on any atom is -0.342 e. The van der Waals surface area contributed by atoms with Gasteiger partial charge in [-0.15, -0.1) is 23.4 Å². The SMILES string of the molecule is CC1(C)CCCN(C(=O)C2C=C(c3ccccc3)SC2Cl)C1. The van der Waals surface area contributed by atoms with Gasteiger partial charge in [0.2, 0.25) is 5.91 Å². The van der Waals surface area contributed by atoms with Crippen molar-refractivity contribution < 1.29 is 4.79 Å². The smallest absolute Gasteiger partial charge is 0.231 e. The Morgan fingerprint density at radius 3 is 2.73 bits per heavy atom. The van der Waals surface area contributed by atoms with Crippen LogP contribution in [0.3, 0.4) is 0 Å². The molecule has 3 rings (SSSR count). The van der Waals surface area contributed by atoms with Crippen molar-refractivity contribution in [3.05, 3.63) is 42.0 Å². The van der Waals surface area contributed by atoms with E-state index in [1.165, 1.54) is 6.42 Å². The van der Waals surface area contributed by atoms with Gasteiger partial charge in [0.1, 0.15) is 0 Å².